The fourth-order valence-electron chi connectivity index (χ4n) is 2.68. The van der Waals surface area contributed by atoms with Gasteiger partial charge in [-0.05, 0) is 49.4 Å². The number of rotatable bonds is 5. The van der Waals surface area contributed by atoms with Crippen molar-refractivity contribution in [1.82, 2.24) is 9.78 Å². The lowest BCUT2D eigenvalue weighted by atomic mass is 10.2. The Kier molecular flexibility index (Phi) is 4.53. The largest absolute Gasteiger partial charge is 0.494 e. The lowest BCUT2D eigenvalue weighted by Gasteiger charge is -2.03. The Morgan fingerprint density at radius 2 is 1.89 bits per heavy atom. The third-order valence-electron chi connectivity index (χ3n) is 3.96. The molecule has 2 aromatic carbocycles. The molecule has 0 aliphatic carbocycles. The molecular weight excluding hydrogens is 342 g/mol. The normalized spacial score (nSPS) is 14.9. The van der Waals surface area contributed by atoms with E-state index in [9.17, 15) is 4.79 Å². The van der Waals surface area contributed by atoms with E-state index in [1.165, 1.54) is 0 Å². The molecule has 1 aliphatic heterocycles. The Balaban J connectivity index is 1.57. The van der Waals surface area contributed by atoms with Crippen molar-refractivity contribution >= 4 is 17.9 Å². The predicted octanol–water partition coefficient (Wildman–Crippen LogP) is 3.62. The second-order valence-corrected chi connectivity index (χ2v) is 5.85. The maximum absolute atomic E-state index is 12.2. The van der Waals surface area contributed by atoms with E-state index >= 15 is 0 Å². The summed E-state index contributed by atoms with van der Waals surface area (Å²) in [5, 5.41) is 4.32. The summed E-state index contributed by atoms with van der Waals surface area (Å²) < 4.78 is 12.5. The summed E-state index contributed by atoms with van der Waals surface area (Å²) in [4.78, 5) is 16.5. The number of carbonyl (C=O) groups excluding carboxylic acids is 1. The molecule has 1 aliphatic rings. The molecule has 4 rings (SSSR count). The number of aliphatic imine (C=N–C) groups is 1. The molecule has 134 valence electrons. The van der Waals surface area contributed by atoms with Crippen LogP contribution >= 0.6 is 0 Å². The van der Waals surface area contributed by atoms with Crippen molar-refractivity contribution < 1.29 is 14.3 Å². The molecule has 6 nitrogen and oxygen atoms in total. The fourth-order valence-corrected chi connectivity index (χ4v) is 2.68. The Hall–Kier alpha value is -3.67. The standard InChI is InChI=1S/C21H17N3O3/c1-2-26-18-10-8-16(9-11-18)20-23-19(21(25)27-20)12-15-13-22-24(14-15)17-6-4-3-5-7-17/h3-14H,2H2,1H3. The molecule has 0 N–H and O–H groups in total. The van der Waals surface area contributed by atoms with Gasteiger partial charge in [-0.25, -0.2) is 14.5 Å². The van der Waals surface area contributed by atoms with Crippen LogP contribution < -0.4 is 4.74 Å². The summed E-state index contributed by atoms with van der Waals surface area (Å²) in [6.07, 6.45) is 5.17. The highest BCUT2D eigenvalue weighted by molar-refractivity contribution is 6.12. The Labute approximate surface area is 156 Å². The number of hydrogen-bond acceptors (Lipinski definition) is 5. The zero-order valence-electron chi connectivity index (χ0n) is 14.7. The molecule has 0 fully saturated rings. The average Bonchev–Trinajstić information content (AvgIpc) is 3.31. The Morgan fingerprint density at radius 1 is 1.11 bits per heavy atom. The van der Waals surface area contributed by atoms with E-state index in [1.807, 2.05) is 67.7 Å². The van der Waals surface area contributed by atoms with E-state index in [2.05, 4.69) is 10.1 Å². The Bertz CT molecular complexity index is 1020. The van der Waals surface area contributed by atoms with E-state index in [0.29, 0.717) is 6.61 Å². The maximum atomic E-state index is 12.2. The van der Waals surface area contributed by atoms with E-state index in [1.54, 1.807) is 17.0 Å². The van der Waals surface area contributed by atoms with Crippen LogP contribution in [0, 0.1) is 0 Å². The molecule has 0 spiro atoms. The first-order valence-electron chi connectivity index (χ1n) is 8.59. The van der Waals surface area contributed by atoms with Gasteiger partial charge < -0.3 is 9.47 Å². The molecule has 0 radical (unpaired) electrons. The lowest BCUT2D eigenvalue weighted by Crippen LogP contribution is -2.05. The molecule has 0 saturated carbocycles. The smallest absolute Gasteiger partial charge is 0.363 e. The molecule has 0 amide bonds. The number of nitrogens with zero attached hydrogens (tertiary/aromatic N) is 3. The van der Waals surface area contributed by atoms with Crippen LogP contribution in [-0.2, 0) is 9.53 Å². The number of esters is 1. The van der Waals surface area contributed by atoms with Crippen molar-refractivity contribution in [1.29, 1.82) is 0 Å². The van der Waals surface area contributed by atoms with Crippen LogP contribution in [-0.4, -0.2) is 28.3 Å². The van der Waals surface area contributed by atoms with Gasteiger partial charge in [0.25, 0.3) is 0 Å². The molecule has 3 aromatic rings. The lowest BCUT2D eigenvalue weighted by molar-refractivity contribution is -0.129. The number of cyclic esters (lactones) is 1. The van der Waals surface area contributed by atoms with Gasteiger partial charge in [0.05, 0.1) is 18.5 Å². The van der Waals surface area contributed by atoms with Crippen LogP contribution in [0.1, 0.15) is 18.1 Å². The molecule has 0 atom stereocenters. The molecule has 0 bridgehead atoms. The van der Waals surface area contributed by atoms with Crippen molar-refractivity contribution in [2.75, 3.05) is 6.61 Å². The van der Waals surface area contributed by atoms with Gasteiger partial charge in [-0.15, -0.1) is 0 Å². The third-order valence-corrected chi connectivity index (χ3v) is 3.96. The molecule has 27 heavy (non-hydrogen) atoms. The summed E-state index contributed by atoms with van der Waals surface area (Å²) in [5.74, 6) is 0.561. The molecule has 0 saturated heterocycles. The van der Waals surface area contributed by atoms with E-state index in [-0.39, 0.29) is 11.6 Å². The number of para-hydroxylation sites is 1. The number of benzene rings is 2. The first-order valence-corrected chi connectivity index (χ1v) is 8.59. The van der Waals surface area contributed by atoms with Crippen LogP contribution in [0.3, 0.4) is 0 Å². The minimum atomic E-state index is -0.480. The summed E-state index contributed by atoms with van der Waals surface area (Å²) in [5.41, 5.74) is 2.67. The van der Waals surface area contributed by atoms with E-state index < -0.39 is 5.97 Å². The third kappa shape index (κ3) is 3.64. The first kappa shape index (κ1) is 16.8. The monoisotopic (exact) mass is 359 g/mol. The highest BCUT2D eigenvalue weighted by Gasteiger charge is 2.24. The molecule has 6 heteroatoms. The summed E-state index contributed by atoms with van der Waals surface area (Å²) in [6, 6.07) is 17.0. The number of ether oxygens (including phenoxy) is 2. The van der Waals surface area contributed by atoms with E-state index in [0.717, 1.165) is 22.6 Å². The van der Waals surface area contributed by atoms with Gasteiger partial charge in [0.1, 0.15) is 5.75 Å². The minimum Gasteiger partial charge on any atom is -0.494 e. The fraction of sp³-hybridized carbons (Fsp3) is 0.0952. The van der Waals surface area contributed by atoms with Crippen LogP contribution in [0.4, 0.5) is 0 Å². The molecule has 1 aromatic heterocycles. The topological polar surface area (TPSA) is 65.7 Å². The van der Waals surface area contributed by atoms with Gasteiger partial charge in [-0.1, -0.05) is 18.2 Å². The van der Waals surface area contributed by atoms with Crippen molar-refractivity contribution in [2.45, 2.75) is 6.92 Å². The van der Waals surface area contributed by atoms with Crippen molar-refractivity contribution in [3.63, 3.8) is 0 Å². The van der Waals surface area contributed by atoms with Gasteiger partial charge >= 0.3 is 5.97 Å². The molecule has 2 heterocycles. The SMILES string of the molecule is CCOc1ccc(C2=NC(=Cc3cnn(-c4ccccc4)c3)C(=O)O2)cc1. The molecular formula is C21H17N3O3. The van der Waals surface area contributed by atoms with E-state index in [4.69, 9.17) is 9.47 Å². The predicted molar refractivity (Wildman–Crippen MR) is 102 cm³/mol. The van der Waals surface area contributed by atoms with Crippen molar-refractivity contribution in [2.24, 2.45) is 4.99 Å². The quantitative estimate of drug-likeness (QED) is 0.516. The number of carbonyl (C=O) groups is 1. The minimum absolute atomic E-state index is 0.242. The maximum Gasteiger partial charge on any atom is 0.363 e. The van der Waals surface area contributed by atoms with Gasteiger partial charge in [0.15, 0.2) is 5.70 Å². The highest BCUT2D eigenvalue weighted by atomic mass is 16.6. The summed E-state index contributed by atoms with van der Waals surface area (Å²) >= 11 is 0. The summed E-state index contributed by atoms with van der Waals surface area (Å²) in [7, 11) is 0. The zero-order chi connectivity index (χ0) is 18.6. The van der Waals surface area contributed by atoms with Crippen LogP contribution in [0.5, 0.6) is 5.75 Å². The van der Waals surface area contributed by atoms with Crippen LogP contribution in [0.25, 0.3) is 11.8 Å². The second kappa shape index (κ2) is 7.29. The van der Waals surface area contributed by atoms with Gasteiger partial charge in [-0.2, -0.15) is 5.10 Å². The Morgan fingerprint density at radius 3 is 2.63 bits per heavy atom. The van der Waals surface area contributed by atoms with Gasteiger partial charge in [0, 0.05) is 17.3 Å². The second-order valence-electron chi connectivity index (χ2n) is 5.85. The van der Waals surface area contributed by atoms with Crippen molar-refractivity contribution in [3.05, 3.63) is 83.8 Å². The van der Waals surface area contributed by atoms with Crippen LogP contribution in [0.15, 0.2) is 77.7 Å². The van der Waals surface area contributed by atoms with Gasteiger partial charge in [-0.3, -0.25) is 0 Å². The average molecular weight is 359 g/mol. The highest BCUT2D eigenvalue weighted by Crippen LogP contribution is 2.21. The number of aromatic nitrogens is 2. The van der Waals surface area contributed by atoms with Crippen molar-refractivity contribution in [3.8, 4) is 11.4 Å². The van der Waals surface area contributed by atoms with Gasteiger partial charge in [0.2, 0.25) is 5.90 Å². The summed E-state index contributed by atoms with van der Waals surface area (Å²) in [6.45, 7) is 2.52. The molecule has 0 unspecified atom stereocenters. The zero-order valence-corrected chi connectivity index (χ0v) is 14.7. The van der Waals surface area contributed by atoms with Crippen LogP contribution in [0.2, 0.25) is 0 Å². The first-order chi connectivity index (χ1) is 13.2. The number of hydrogen-bond donors (Lipinski definition) is 0.